The number of benzene rings is 1. The Morgan fingerprint density at radius 3 is 2.95 bits per heavy atom. The van der Waals surface area contributed by atoms with E-state index in [0.717, 1.165) is 29.5 Å². The van der Waals surface area contributed by atoms with Gasteiger partial charge in [0, 0.05) is 31.2 Å². The molecule has 3 nitrogen and oxygen atoms in total. The molecule has 1 aromatic carbocycles. The van der Waals surface area contributed by atoms with Gasteiger partial charge in [0.15, 0.2) is 0 Å². The number of fused-ring (bicyclic) bond motifs is 1. The second-order valence-corrected chi connectivity index (χ2v) is 6.02. The quantitative estimate of drug-likeness (QED) is 0.828. The van der Waals surface area contributed by atoms with Crippen LogP contribution in [0.25, 0.3) is 0 Å². The molecular weight excluding hydrogens is 260 g/mol. The van der Waals surface area contributed by atoms with Gasteiger partial charge in [-0.05, 0) is 38.4 Å². The Hall–Kier alpha value is -0.930. The summed E-state index contributed by atoms with van der Waals surface area (Å²) in [6.07, 6.45) is 2.64. The highest BCUT2D eigenvalue weighted by Gasteiger charge is 2.35. The molecule has 4 heteroatoms. The van der Waals surface area contributed by atoms with Gasteiger partial charge in [0.25, 0.3) is 0 Å². The number of halogens is 1. The second kappa shape index (κ2) is 5.22. The molecule has 2 saturated heterocycles. The van der Waals surface area contributed by atoms with Gasteiger partial charge < -0.3 is 9.64 Å². The van der Waals surface area contributed by atoms with E-state index in [1.165, 1.54) is 19.4 Å². The number of ether oxygens (including phenoxy) is 1. The molecule has 2 aliphatic rings. The average molecular weight is 281 g/mol. The van der Waals surface area contributed by atoms with Crippen molar-refractivity contribution < 1.29 is 4.74 Å². The summed E-state index contributed by atoms with van der Waals surface area (Å²) in [5, 5.41) is 0.819. The summed E-state index contributed by atoms with van der Waals surface area (Å²) < 4.78 is 5.33. The third kappa shape index (κ3) is 2.41. The fraction of sp³-hybridized carbons (Fsp3) is 0.600. The summed E-state index contributed by atoms with van der Waals surface area (Å²) in [6, 6.07) is 7.10. The van der Waals surface area contributed by atoms with E-state index in [4.69, 9.17) is 16.3 Å². The molecule has 2 atom stereocenters. The molecule has 2 aliphatic heterocycles. The Morgan fingerprint density at radius 2 is 2.16 bits per heavy atom. The topological polar surface area (TPSA) is 15.7 Å². The second-order valence-electron chi connectivity index (χ2n) is 5.61. The van der Waals surface area contributed by atoms with Crippen LogP contribution in [0.5, 0.6) is 5.75 Å². The lowest BCUT2D eigenvalue weighted by Crippen LogP contribution is -2.55. The van der Waals surface area contributed by atoms with E-state index in [2.05, 4.69) is 22.8 Å². The fourth-order valence-electron chi connectivity index (χ4n) is 3.36. The number of hydrogen-bond acceptors (Lipinski definition) is 3. The van der Waals surface area contributed by atoms with Gasteiger partial charge in [-0.2, -0.15) is 0 Å². The summed E-state index contributed by atoms with van der Waals surface area (Å²) in [6.45, 7) is 5.76. The Labute approximate surface area is 120 Å². The normalized spacial score (nSPS) is 27.4. The molecule has 0 spiro atoms. The first-order valence-electron chi connectivity index (χ1n) is 7.03. The number of methoxy groups -OCH3 is 1. The fourth-order valence-corrected chi connectivity index (χ4v) is 3.59. The highest BCUT2D eigenvalue weighted by molar-refractivity contribution is 6.33. The third-order valence-corrected chi connectivity index (χ3v) is 4.72. The zero-order valence-electron chi connectivity index (χ0n) is 11.6. The maximum Gasteiger partial charge on any atom is 0.121 e. The summed E-state index contributed by atoms with van der Waals surface area (Å²) in [4.78, 5) is 5.06. The van der Waals surface area contributed by atoms with Crippen molar-refractivity contribution >= 4 is 17.3 Å². The first-order valence-corrected chi connectivity index (χ1v) is 7.41. The molecule has 0 radical (unpaired) electrons. The van der Waals surface area contributed by atoms with Crippen molar-refractivity contribution in [3.8, 4) is 5.75 Å². The van der Waals surface area contributed by atoms with Crippen molar-refractivity contribution in [3.63, 3.8) is 0 Å². The lowest BCUT2D eigenvalue weighted by Gasteiger charge is -2.44. The maximum atomic E-state index is 6.38. The van der Waals surface area contributed by atoms with E-state index < -0.39 is 0 Å². The van der Waals surface area contributed by atoms with Gasteiger partial charge in [0.05, 0.1) is 17.8 Å². The number of anilines is 1. The van der Waals surface area contributed by atoms with Crippen molar-refractivity contribution in [2.75, 3.05) is 31.6 Å². The molecule has 2 unspecified atom stereocenters. The molecular formula is C15H21ClN2O. The van der Waals surface area contributed by atoms with Crippen molar-refractivity contribution in [1.82, 2.24) is 4.90 Å². The summed E-state index contributed by atoms with van der Waals surface area (Å²) in [5.41, 5.74) is 1.11. The van der Waals surface area contributed by atoms with Crippen LogP contribution in [0, 0.1) is 0 Å². The smallest absolute Gasteiger partial charge is 0.121 e. The molecule has 0 aromatic heterocycles. The van der Waals surface area contributed by atoms with Gasteiger partial charge in [-0.15, -0.1) is 0 Å². The first kappa shape index (κ1) is 13.1. The standard InChI is InChI=1S/C15H21ClN2O/c1-11-9-17-7-3-4-12(17)10-18(11)15-8-13(19-2)5-6-14(15)16/h5-6,8,11-12H,3-4,7,9-10H2,1-2H3. The van der Waals surface area contributed by atoms with Crippen molar-refractivity contribution in [2.24, 2.45) is 0 Å². The molecule has 2 heterocycles. The first-order chi connectivity index (χ1) is 9.19. The minimum absolute atomic E-state index is 0.499. The van der Waals surface area contributed by atoms with Gasteiger partial charge >= 0.3 is 0 Å². The van der Waals surface area contributed by atoms with Gasteiger partial charge in [0.2, 0.25) is 0 Å². The van der Waals surface area contributed by atoms with Crippen LogP contribution >= 0.6 is 11.6 Å². The number of nitrogens with zero attached hydrogens (tertiary/aromatic N) is 2. The van der Waals surface area contributed by atoms with Crippen LogP contribution < -0.4 is 9.64 Å². The van der Waals surface area contributed by atoms with Gasteiger partial charge in [-0.25, -0.2) is 0 Å². The lowest BCUT2D eigenvalue weighted by atomic mass is 10.1. The van der Waals surface area contributed by atoms with Gasteiger partial charge in [-0.1, -0.05) is 11.6 Å². The minimum Gasteiger partial charge on any atom is -0.497 e. The van der Waals surface area contributed by atoms with Crippen LogP contribution in [-0.4, -0.2) is 43.7 Å². The van der Waals surface area contributed by atoms with Gasteiger partial charge in [-0.3, -0.25) is 4.90 Å². The minimum atomic E-state index is 0.499. The molecule has 0 aliphatic carbocycles. The van der Waals surface area contributed by atoms with Crippen LogP contribution in [0.15, 0.2) is 18.2 Å². The van der Waals surface area contributed by atoms with E-state index in [1.54, 1.807) is 7.11 Å². The number of piperazine rings is 1. The molecule has 3 rings (SSSR count). The maximum absolute atomic E-state index is 6.38. The predicted molar refractivity (Wildman–Crippen MR) is 79.4 cm³/mol. The van der Waals surface area contributed by atoms with E-state index in [1.807, 2.05) is 12.1 Å². The molecule has 19 heavy (non-hydrogen) atoms. The van der Waals surface area contributed by atoms with Crippen LogP contribution in [0.2, 0.25) is 5.02 Å². The Kier molecular flexibility index (Phi) is 3.59. The van der Waals surface area contributed by atoms with E-state index in [-0.39, 0.29) is 0 Å². The molecule has 0 amide bonds. The lowest BCUT2D eigenvalue weighted by molar-refractivity contribution is 0.203. The SMILES string of the molecule is COc1ccc(Cl)c(N2CC3CCCN3CC2C)c1. The molecule has 0 saturated carbocycles. The zero-order valence-corrected chi connectivity index (χ0v) is 12.4. The van der Waals surface area contributed by atoms with Crippen molar-refractivity contribution in [1.29, 1.82) is 0 Å². The van der Waals surface area contributed by atoms with Gasteiger partial charge in [0.1, 0.15) is 5.75 Å². The largest absolute Gasteiger partial charge is 0.497 e. The average Bonchev–Trinajstić information content (AvgIpc) is 2.85. The van der Waals surface area contributed by atoms with E-state index in [9.17, 15) is 0 Å². The zero-order chi connectivity index (χ0) is 13.4. The van der Waals surface area contributed by atoms with Crippen LogP contribution in [-0.2, 0) is 0 Å². The number of rotatable bonds is 2. The summed E-state index contributed by atoms with van der Waals surface area (Å²) in [5.74, 6) is 0.875. The number of hydrogen-bond donors (Lipinski definition) is 0. The Balaban J connectivity index is 1.88. The molecule has 2 fully saturated rings. The monoisotopic (exact) mass is 280 g/mol. The third-order valence-electron chi connectivity index (χ3n) is 4.40. The van der Waals surface area contributed by atoms with Crippen LogP contribution in [0.1, 0.15) is 19.8 Å². The highest BCUT2D eigenvalue weighted by atomic mass is 35.5. The Morgan fingerprint density at radius 1 is 1.32 bits per heavy atom. The van der Waals surface area contributed by atoms with Crippen molar-refractivity contribution in [3.05, 3.63) is 23.2 Å². The molecule has 104 valence electrons. The molecule has 0 bridgehead atoms. The summed E-state index contributed by atoms with van der Waals surface area (Å²) in [7, 11) is 1.70. The van der Waals surface area contributed by atoms with E-state index in [0.29, 0.717) is 12.1 Å². The van der Waals surface area contributed by atoms with E-state index >= 15 is 0 Å². The highest BCUT2D eigenvalue weighted by Crippen LogP contribution is 2.35. The van der Waals surface area contributed by atoms with Crippen LogP contribution in [0.4, 0.5) is 5.69 Å². The van der Waals surface area contributed by atoms with Crippen LogP contribution in [0.3, 0.4) is 0 Å². The molecule has 1 aromatic rings. The van der Waals surface area contributed by atoms with Crippen molar-refractivity contribution in [2.45, 2.75) is 31.8 Å². The summed E-state index contributed by atoms with van der Waals surface area (Å²) >= 11 is 6.38. The Bertz CT molecular complexity index is 465. The predicted octanol–water partition coefficient (Wildman–Crippen LogP) is 3.02. The molecule has 0 N–H and O–H groups in total.